The van der Waals surface area contributed by atoms with Gasteiger partial charge < -0.3 is 0 Å². The molecule has 0 aliphatic carbocycles. The number of hydrogen-bond donors (Lipinski definition) is 0. The van der Waals surface area contributed by atoms with E-state index < -0.39 is 7.92 Å². The number of hydrogen-bond acceptors (Lipinski definition) is 0. The molecule has 2 heteroatoms. The molecule has 0 aliphatic rings. The Bertz CT molecular complexity index is 2440. The zero-order valence-electron chi connectivity index (χ0n) is 32.2. The Morgan fingerprint density at radius 1 is 0.370 bits per heavy atom. The van der Waals surface area contributed by atoms with E-state index in [1.54, 1.807) is 0 Å². The summed E-state index contributed by atoms with van der Waals surface area (Å²) < 4.78 is 0. The molecule has 54 heavy (non-hydrogen) atoms. The summed E-state index contributed by atoms with van der Waals surface area (Å²) in [7, 11) is -0.659. The third kappa shape index (κ3) is 6.86. The number of rotatable bonds is 8. The van der Waals surface area contributed by atoms with Crippen molar-refractivity contribution in [2.45, 2.75) is 41.5 Å². The van der Waals surface area contributed by atoms with Crippen LogP contribution in [0.15, 0.2) is 170 Å². The molecule has 0 bridgehead atoms. The summed E-state index contributed by atoms with van der Waals surface area (Å²) in [5, 5.41) is 6.63. The van der Waals surface area contributed by atoms with Crippen molar-refractivity contribution in [2.75, 3.05) is 0 Å². The van der Waals surface area contributed by atoms with Crippen LogP contribution in [0.5, 0.6) is 0 Å². The van der Waals surface area contributed by atoms with Crippen LogP contribution in [-0.2, 0) is 0 Å². The summed E-state index contributed by atoms with van der Waals surface area (Å²) in [4.78, 5) is 0. The first-order chi connectivity index (χ1) is 26.3. The van der Waals surface area contributed by atoms with Crippen molar-refractivity contribution >= 4 is 57.7 Å². The summed E-state index contributed by atoms with van der Waals surface area (Å²) >= 11 is 0. The predicted molar refractivity (Wildman–Crippen MR) is 239 cm³/mol. The fourth-order valence-corrected chi connectivity index (χ4v) is 11.1. The second-order valence-electron chi connectivity index (χ2n) is 14.9. The standard InChI is InChI=1S/C52H46BP/c1-35-31-37(3)51(38(4)32-35)53(52-39(5)33-36(2)34-40(52)6)44-27-23-41(24-28-44)48-21-13-15-43-16-14-22-49(50(43)48)42-25-29-47(30-26-42)54(45-17-9-7-10-18-45)46-19-11-8-12-20-46/h7-34H,1-6H3. The van der Waals surface area contributed by atoms with Gasteiger partial charge in [-0.25, -0.2) is 0 Å². The Hall–Kier alpha value is -5.49. The molecule has 0 radical (unpaired) electrons. The van der Waals surface area contributed by atoms with Crippen LogP contribution in [0.3, 0.4) is 0 Å². The molecule has 8 rings (SSSR count). The first-order valence-corrected chi connectivity index (χ1v) is 20.4. The largest absolute Gasteiger partial charge is 0.242 e. The molecular formula is C52H46BP. The smallest absolute Gasteiger partial charge is 0.0686 e. The molecule has 0 saturated heterocycles. The molecule has 262 valence electrons. The molecule has 8 aromatic rings. The van der Waals surface area contributed by atoms with E-state index in [-0.39, 0.29) is 6.71 Å². The lowest BCUT2D eigenvalue weighted by molar-refractivity contribution is 1.34. The number of aryl methyl sites for hydroxylation is 6. The minimum Gasteiger partial charge on any atom is -0.0686 e. The van der Waals surface area contributed by atoms with E-state index in [1.807, 2.05) is 0 Å². The molecule has 0 nitrogen and oxygen atoms in total. The molecule has 0 unspecified atom stereocenters. The average Bonchev–Trinajstić information content (AvgIpc) is 3.17. The molecule has 0 amide bonds. The lowest BCUT2D eigenvalue weighted by Crippen LogP contribution is -2.55. The Balaban J connectivity index is 1.21. The molecule has 0 N–H and O–H groups in total. The highest BCUT2D eigenvalue weighted by molar-refractivity contribution is 7.79. The van der Waals surface area contributed by atoms with E-state index in [0.717, 1.165) is 0 Å². The van der Waals surface area contributed by atoms with Crippen molar-refractivity contribution in [2.24, 2.45) is 0 Å². The van der Waals surface area contributed by atoms with Crippen LogP contribution in [0.4, 0.5) is 0 Å². The fourth-order valence-electron chi connectivity index (χ4n) is 8.84. The van der Waals surface area contributed by atoms with Gasteiger partial charge in [0.25, 0.3) is 0 Å². The summed E-state index contributed by atoms with van der Waals surface area (Å²) in [5.74, 6) is 0. The topological polar surface area (TPSA) is 0 Å². The quantitative estimate of drug-likeness (QED) is 0.109. The van der Waals surface area contributed by atoms with Crippen LogP contribution in [0, 0.1) is 41.5 Å². The van der Waals surface area contributed by atoms with Gasteiger partial charge in [-0.05, 0) is 98.4 Å². The lowest BCUT2D eigenvalue weighted by atomic mass is 9.34. The molecular weight excluding hydrogens is 666 g/mol. The van der Waals surface area contributed by atoms with Gasteiger partial charge in [0.05, 0.1) is 0 Å². The maximum atomic E-state index is 2.38. The van der Waals surface area contributed by atoms with Gasteiger partial charge >= 0.3 is 0 Å². The van der Waals surface area contributed by atoms with Crippen molar-refractivity contribution in [1.82, 2.24) is 0 Å². The molecule has 0 atom stereocenters. The summed E-state index contributed by atoms with van der Waals surface area (Å²) in [6.45, 7) is 13.7. The Morgan fingerprint density at radius 2 is 0.759 bits per heavy atom. The monoisotopic (exact) mass is 712 g/mol. The third-order valence-corrected chi connectivity index (χ3v) is 13.4. The zero-order valence-corrected chi connectivity index (χ0v) is 33.1. The van der Waals surface area contributed by atoms with Gasteiger partial charge in [0.1, 0.15) is 0 Å². The Kier molecular flexibility index (Phi) is 9.94. The highest BCUT2D eigenvalue weighted by Crippen LogP contribution is 2.38. The molecule has 0 aromatic heterocycles. The van der Waals surface area contributed by atoms with Crippen molar-refractivity contribution in [1.29, 1.82) is 0 Å². The third-order valence-electron chi connectivity index (χ3n) is 11.0. The fraction of sp³-hybridized carbons (Fsp3) is 0.115. The van der Waals surface area contributed by atoms with Gasteiger partial charge in [-0.3, -0.25) is 0 Å². The SMILES string of the molecule is Cc1cc(C)c(B(c2ccc(-c3cccc4cccc(-c5ccc(P(c6ccccc6)c6ccccc6)cc5)c34)cc2)c2c(C)cc(C)cc2C)c(C)c1. The van der Waals surface area contributed by atoms with Gasteiger partial charge in [-0.15, -0.1) is 0 Å². The lowest BCUT2D eigenvalue weighted by Gasteiger charge is -2.25. The molecule has 0 fully saturated rings. The minimum absolute atomic E-state index is 0.152. The minimum atomic E-state index is -0.659. The van der Waals surface area contributed by atoms with Crippen LogP contribution < -0.4 is 32.3 Å². The summed E-state index contributed by atoms with van der Waals surface area (Å²) in [6.07, 6.45) is 0. The van der Waals surface area contributed by atoms with Gasteiger partial charge in [0.2, 0.25) is 6.71 Å². The van der Waals surface area contributed by atoms with Crippen LogP contribution in [0.2, 0.25) is 0 Å². The van der Waals surface area contributed by atoms with Crippen LogP contribution >= 0.6 is 7.92 Å². The first kappa shape index (κ1) is 35.5. The summed E-state index contributed by atoms with van der Waals surface area (Å²) in [6, 6.07) is 63.5. The van der Waals surface area contributed by atoms with Crippen molar-refractivity contribution < 1.29 is 0 Å². The second kappa shape index (κ2) is 15.1. The second-order valence-corrected chi connectivity index (χ2v) is 17.2. The van der Waals surface area contributed by atoms with Crippen molar-refractivity contribution in [3.63, 3.8) is 0 Å². The van der Waals surface area contributed by atoms with Gasteiger partial charge in [-0.2, -0.15) is 0 Å². The maximum absolute atomic E-state index is 2.38. The van der Waals surface area contributed by atoms with E-state index in [0.29, 0.717) is 0 Å². The van der Waals surface area contributed by atoms with E-state index in [2.05, 4.69) is 211 Å². The zero-order chi connectivity index (χ0) is 37.3. The molecule has 8 aromatic carbocycles. The maximum Gasteiger partial charge on any atom is 0.242 e. The molecule has 0 spiro atoms. The van der Waals surface area contributed by atoms with E-state index >= 15 is 0 Å². The number of benzene rings is 8. The van der Waals surface area contributed by atoms with Crippen LogP contribution in [0.25, 0.3) is 33.0 Å². The van der Waals surface area contributed by atoms with Crippen LogP contribution in [-0.4, -0.2) is 6.71 Å². The molecule has 0 heterocycles. The number of fused-ring (bicyclic) bond motifs is 1. The van der Waals surface area contributed by atoms with Gasteiger partial charge in [-0.1, -0.05) is 220 Å². The molecule has 0 aliphatic heterocycles. The first-order valence-electron chi connectivity index (χ1n) is 19.0. The highest BCUT2D eigenvalue weighted by atomic mass is 31.1. The molecule has 0 saturated carbocycles. The summed E-state index contributed by atoms with van der Waals surface area (Å²) in [5.41, 5.74) is 17.2. The van der Waals surface area contributed by atoms with Crippen LogP contribution in [0.1, 0.15) is 33.4 Å². The van der Waals surface area contributed by atoms with Gasteiger partial charge in [0, 0.05) is 0 Å². The Morgan fingerprint density at radius 3 is 1.19 bits per heavy atom. The van der Waals surface area contributed by atoms with E-state index in [9.17, 15) is 0 Å². The normalized spacial score (nSPS) is 11.3. The predicted octanol–water partition coefficient (Wildman–Crippen LogP) is 10.3. The van der Waals surface area contributed by atoms with Crippen molar-refractivity contribution in [3.8, 4) is 22.3 Å². The highest BCUT2D eigenvalue weighted by Gasteiger charge is 2.28. The Labute approximate surface area is 323 Å². The van der Waals surface area contributed by atoms with E-state index in [4.69, 9.17) is 0 Å². The average molecular weight is 713 g/mol. The van der Waals surface area contributed by atoms with Crippen molar-refractivity contribution in [3.05, 3.63) is 203 Å². The van der Waals surface area contributed by atoms with Gasteiger partial charge in [0.15, 0.2) is 0 Å². The van der Waals surface area contributed by atoms with E-state index in [1.165, 1.54) is 98.7 Å².